The monoisotopic (exact) mass is 341 g/mol. The molecule has 2 heterocycles. The van der Waals surface area contributed by atoms with Crippen molar-refractivity contribution in [1.29, 1.82) is 0 Å². The first-order valence-electron chi connectivity index (χ1n) is 7.17. The average molecular weight is 341 g/mol. The summed E-state index contributed by atoms with van der Waals surface area (Å²) in [6.45, 7) is -1.01. The number of anilines is 1. The minimum absolute atomic E-state index is 0.182. The third-order valence-corrected chi connectivity index (χ3v) is 3.34. The number of aromatic nitrogens is 2. The Bertz CT molecular complexity index is 743. The predicted molar refractivity (Wildman–Crippen MR) is 77.8 cm³/mol. The summed E-state index contributed by atoms with van der Waals surface area (Å²) in [7, 11) is 0. The van der Waals surface area contributed by atoms with Gasteiger partial charge in [-0.3, -0.25) is 9.48 Å². The fourth-order valence-corrected chi connectivity index (χ4v) is 2.28. The largest absolute Gasteiger partial charge is 0.454 e. The van der Waals surface area contributed by atoms with Gasteiger partial charge in [0.2, 0.25) is 12.7 Å². The summed E-state index contributed by atoms with van der Waals surface area (Å²) >= 11 is 0. The van der Waals surface area contributed by atoms with E-state index >= 15 is 0 Å². The van der Waals surface area contributed by atoms with Crippen molar-refractivity contribution in [3.8, 4) is 11.5 Å². The van der Waals surface area contributed by atoms with Crippen LogP contribution in [-0.2, 0) is 17.8 Å². The van der Waals surface area contributed by atoms with E-state index in [4.69, 9.17) is 9.47 Å². The molecule has 1 N–H and O–H groups in total. The Labute approximate surface area is 135 Å². The molecule has 1 amide bonds. The second-order valence-corrected chi connectivity index (χ2v) is 5.28. The van der Waals surface area contributed by atoms with Gasteiger partial charge in [-0.25, -0.2) is 0 Å². The smallest absolute Gasteiger partial charge is 0.408 e. The SMILES string of the molecule is O=C(CCc1ccc2c(c1)OCO2)Nc1cnn(CC(F)(F)F)c1. The quantitative estimate of drug-likeness (QED) is 0.908. The Balaban J connectivity index is 1.51. The molecule has 0 aliphatic carbocycles. The Morgan fingerprint density at radius 1 is 1.29 bits per heavy atom. The van der Waals surface area contributed by atoms with Crippen LogP contribution in [0.4, 0.5) is 18.9 Å². The minimum atomic E-state index is -4.35. The van der Waals surface area contributed by atoms with E-state index in [9.17, 15) is 18.0 Å². The van der Waals surface area contributed by atoms with Gasteiger partial charge in [0.25, 0.3) is 0 Å². The molecule has 0 unspecified atom stereocenters. The minimum Gasteiger partial charge on any atom is -0.454 e. The van der Waals surface area contributed by atoms with E-state index in [1.165, 1.54) is 6.20 Å². The number of benzene rings is 1. The molecule has 0 saturated carbocycles. The highest BCUT2D eigenvalue weighted by Gasteiger charge is 2.28. The van der Waals surface area contributed by atoms with Crippen LogP contribution in [-0.4, -0.2) is 28.7 Å². The van der Waals surface area contributed by atoms with Crippen molar-refractivity contribution in [3.63, 3.8) is 0 Å². The first kappa shape index (κ1) is 16.2. The average Bonchev–Trinajstić information content (AvgIpc) is 3.12. The second kappa shape index (κ2) is 6.42. The molecule has 9 heteroatoms. The zero-order chi connectivity index (χ0) is 17.2. The molecule has 24 heavy (non-hydrogen) atoms. The second-order valence-electron chi connectivity index (χ2n) is 5.28. The van der Waals surface area contributed by atoms with E-state index in [0.29, 0.717) is 17.9 Å². The lowest BCUT2D eigenvalue weighted by Crippen LogP contribution is -2.18. The molecule has 0 atom stereocenters. The van der Waals surface area contributed by atoms with Crippen LogP contribution in [0.1, 0.15) is 12.0 Å². The summed E-state index contributed by atoms with van der Waals surface area (Å²) < 4.78 is 47.9. The van der Waals surface area contributed by atoms with Crippen molar-refractivity contribution in [2.75, 3.05) is 12.1 Å². The van der Waals surface area contributed by atoms with Gasteiger partial charge in [-0.05, 0) is 24.1 Å². The van der Waals surface area contributed by atoms with Crippen LogP contribution in [0.2, 0.25) is 0 Å². The van der Waals surface area contributed by atoms with Crippen molar-refractivity contribution < 1.29 is 27.4 Å². The van der Waals surface area contributed by atoms with E-state index in [-0.39, 0.29) is 24.8 Å². The van der Waals surface area contributed by atoms with E-state index in [2.05, 4.69) is 10.4 Å². The maximum atomic E-state index is 12.2. The lowest BCUT2D eigenvalue weighted by atomic mass is 10.1. The number of alkyl halides is 3. The van der Waals surface area contributed by atoms with Crippen LogP contribution in [0.3, 0.4) is 0 Å². The molecule has 3 rings (SSSR count). The lowest BCUT2D eigenvalue weighted by Gasteiger charge is -2.05. The van der Waals surface area contributed by atoms with Gasteiger partial charge in [-0.1, -0.05) is 6.07 Å². The van der Waals surface area contributed by atoms with Crippen LogP contribution < -0.4 is 14.8 Å². The molecule has 0 spiro atoms. The fourth-order valence-electron chi connectivity index (χ4n) is 2.28. The first-order valence-corrected chi connectivity index (χ1v) is 7.17. The summed E-state index contributed by atoms with van der Waals surface area (Å²) in [6.07, 6.45) is -1.37. The summed E-state index contributed by atoms with van der Waals surface area (Å²) in [5.74, 6) is 1.00. The fraction of sp³-hybridized carbons (Fsp3) is 0.333. The zero-order valence-electron chi connectivity index (χ0n) is 12.5. The number of hydrogen-bond donors (Lipinski definition) is 1. The highest BCUT2D eigenvalue weighted by molar-refractivity contribution is 5.90. The molecular formula is C15H14F3N3O3. The standard InChI is InChI=1S/C15H14F3N3O3/c16-15(17,18)8-21-7-11(6-19-21)20-14(22)4-2-10-1-3-12-13(5-10)24-9-23-12/h1,3,5-7H,2,4,8-9H2,(H,20,22). The van der Waals surface area contributed by atoms with E-state index < -0.39 is 12.7 Å². The molecule has 1 aliphatic heterocycles. The molecule has 1 aliphatic rings. The number of carbonyl (C=O) groups excluding carboxylic acids is 1. The van der Waals surface area contributed by atoms with Gasteiger partial charge in [0, 0.05) is 12.6 Å². The summed E-state index contributed by atoms with van der Waals surface area (Å²) in [4.78, 5) is 11.9. The van der Waals surface area contributed by atoms with Gasteiger partial charge in [0.1, 0.15) is 6.54 Å². The molecule has 1 aromatic heterocycles. The van der Waals surface area contributed by atoms with Crippen molar-refractivity contribution in [2.45, 2.75) is 25.6 Å². The number of carbonyl (C=O) groups is 1. The number of nitrogens with one attached hydrogen (secondary N) is 1. The normalized spacial score (nSPS) is 13.1. The number of hydrogen-bond acceptors (Lipinski definition) is 4. The van der Waals surface area contributed by atoms with Crippen molar-refractivity contribution in [1.82, 2.24) is 9.78 Å². The number of amides is 1. The Kier molecular flexibility index (Phi) is 4.32. The third-order valence-electron chi connectivity index (χ3n) is 3.34. The van der Waals surface area contributed by atoms with Gasteiger partial charge in [0.15, 0.2) is 11.5 Å². The van der Waals surface area contributed by atoms with Crippen molar-refractivity contribution in [3.05, 3.63) is 36.2 Å². The van der Waals surface area contributed by atoms with Crippen LogP contribution in [0, 0.1) is 0 Å². The zero-order valence-corrected chi connectivity index (χ0v) is 12.5. The summed E-state index contributed by atoms with van der Waals surface area (Å²) in [6, 6.07) is 5.41. The number of nitrogens with zero attached hydrogens (tertiary/aromatic N) is 2. The van der Waals surface area contributed by atoms with Gasteiger partial charge in [-0.15, -0.1) is 0 Å². The molecule has 2 aromatic rings. The number of ether oxygens (including phenoxy) is 2. The van der Waals surface area contributed by atoms with Gasteiger partial charge in [0.05, 0.1) is 11.9 Å². The molecule has 0 radical (unpaired) electrons. The lowest BCUT2D eigenvalue weighted by molar-refractivity contribution is -0.142. The Morgan fingerprint density at radius 3 is 2.88 bits per heavy atom. The van der Waals surface area contributed by atoms with Crippen LogP contribution in [0.25, 0.3) is 0 Å². The van der Waals surface area contributed by atoms with Crippen LogP contribution in [0.5, 0.6) is 11.5 Å². The number of aryl methyl sites for hydroxylation is 1. The molecule has 6 nitrogen and oxygen atoms in total. The maximum Gasteiger partial charge on any atom is 0.408 e. The molecule has 0 bridgehead atoms. The van der Waals surface area contributed by atoms with Crippen molar-refractivity contribution in [2.24, 2.45) is 0 Å². The maximum absolute atomic E-state index is 12.2. The van der Waals surface area contributed by atoms with E-state index in [0.717, 1.165) is 16.4 Å². The Hall–Kier alpha value is -2.71. The highest BCUT2D eigenvalue weighted by atomic mass is 19.4. The highest BCUT2D eigenvalue weighted by Crippen LogP contribution is 2.32. The third kappa shape index (κ3) is 4.18. The molecule has 0 fully saturated rings. The number of fused-ring (bicyclic) bond motifs is 1. The van der Waals surface area contributed by atoms with E-state index in [1.807, 2.05) is 6.07 Å². The predicted octanol–water partition coefficient (Wildman–Crippen LogP) is 2.75. The molecule has 128 valence electrons. The number of halogens is 3. The van der Waals surface area contributed by atoms with E-state index in [1.54, 1.807) is 12.1 Å². The molecule has 1 aromatic carbocycles. The Morgan fingerprint density at radius 2 is 2.08 bits per heavy atom. The summed E-state index contributed by atoms with van der Waals surface area (Å²) in [5, 5.41) is 6.09. The number of rotatable bonds is 5. The van der Waals surface area contributed by atoms with Crippen LogP contribution in [0.15, 0.2) is 30.6 Å². The molecule has 0 saturated heterocycles. The molecular weight excluding hydrogens is 327 g/mol. The first-order chi connectivity index (χ1) is 11.4. The van der Waals surface area contributed by atoms with Gasteiger partial charge < -0.3 is 14.8 Å². The van der Waals surface area contributed by atoms with Crippen molar-refractivity contribution >= 4 is 11.6 Å². The topological polar surface area (TPSA) is 65.4 Å². The van der Waals surface area contributed by atoms with Gasteiger partial charge in [-0.2, -0.15) is 18.3 Å². The van der Waals surface area contributed by atoms with Gasteiger partial charge >= 0.3 is 6.18 Å². The summed E-state index contributed by atoms with van der Waals surface area (Å²) in [5.41, 5.74) is 1.14. The van der Waals surface area contributed by atoms with Crippen LogP contribution >= 0.6 is 0 Å².